The van der Waals surface area contributed by atoms with Crippen LogP contribution in [-0.2, 0) is 18.4 Å². The smallest absolute Gasteiger partial charge is 0.124 e. The predicted molar refractivity (Wildman–Crippen MR) is 125 cm³/mol. The van der Waals surface area contributed by atoms with E-state index in [2.05, 4.69) is 11.1 Å². The van der Waals surface area contributed by atoms with Crippen LogP contribution in [0.5, 0.6) is 0 Å². The minimum Gasteiger partial charge on any atom is -0.363 e. The molecule has 0 spiro atoms. The van der Waals surface area contributed by atoms with E-state index in [0.717, 1.165) is 33.5 Å². The molecule has 0 aliphatic carbocycles. The molecule has 0 saturated carbocycles. The van der Waals surface area contributed by atoms with Crippen LogP contribution < -0.4 is 0 Å². The Bertz CT molecular complexity index is 1260. The minimum absolute atomic E-state index is 0. The fourth-order valence-corrected chi connectivity index (χ4v) is 3.70. The van der Waals surface area contributed by atoms with Crippen molar-refractivity contribution in [2.75, 3.05) is 0 Å². The number of benzene rings is 3. The van der Waals surface area contributed by atoms with E-state index in [1.807, 2.05) is 67.1 Å². The van der Waals surface area contributed by atoms with E-state index in [-0.39, 0.29) is 24.8 Å². The Hall–Kier alpha value is -3.46. The third kappa shape index (κ3) is 4.88. The van der Waals surface area contributed by atoms with Crippen molar-refractivity contribution in [3.8, 4) is 17.2 Å². The van der Waals surface area contributed by atoms with Crippen LogP contribution in [0, 0.1) is 24.1 Å². The van der Waals surface area contributed by atoms with Crippen molar-refractivity contribution in [2.24, 2.45) is 7.05 Å². The Morgan fingerprint density at radius 3 is 2.56 bits per heavy atom. The third-order valence-corrected chi connectivity index (χ3v) is 5.33. The van der Waals surface area contributed by atoms with Crippen LogP contribution in [0.15, 0.2) is 79.3 Å². The summed E-state index contributed by atoms with van der Waals surface area (Å²) in [4.78, 5) is 4.24. The molecule has 1 heterocycles. The van der Waals surface area contributed by atoms with Gasteiger partial charge in [-0.05, 0) is 53.4 Å². The topological polar surface area (TPSA) is 50.8 Å². The average Bonchev–Trinajstić information content (AvgIpc) is 3.20. The summed E-state index contributed by atoms with van der Waals surface area (Å²) in [5, 5.41) is 9.68. The Balaban J connectivity index is 0.00000289. The molecule has 0 bridgehead atoms. The van der Waals surface area contributed by atoms with E-state index < -0.39 is 6.10 Å². The fraction of sp³-hybridized carbons (Fsp3) is 0.154. The zero-order valence-corrected chi connectivity index (χ0v) is 18.6. The molecule has 0 aliphatic heterocycles. The first-order chi connectivity index (χ1) is 15.1. The van der Waals surface area contributed by atoms with Crippen LogP contribution in [-0.4, -0.2) is 9.55 Å². The van der Waals surface area contributed by atoms with Crippen LogP contribution in [0.25, 0.3) is 11.1 Å². The minimum atomic E-state index is -0.425. The van der Waals surface area contributed by atoms with Gasteiger partial charge in [0.15, 0.2) is 0 Å². The van der Waals surface area contributed by atoms with Gasteiger partial charge in [0.25, 0.3) is 0 Å². The summed E-state index contributed by atoms with van der Waals surface area (Å²) in [6.45, 7) is 2.27. The van der Waals surface area contributed by atoms with E-state index in [0.29, 0.717) is 5.56 Å². The highest BCUT2D eigenvalue weighted by atomic mass is 35.5. The number of ether oxygens (including phenoxy) is 1. The lowest BCUT2D eigenvalue weighted by atomic mass is 9.93. The number of hydrogen-bond donors (Lipinski definition) is 0. The first-order valence-electron chi connectivity index (χ1n) is 9.99. The van der Waals surface area contributed by atoms with E-state index in [1.165, 1.54) is 12.1 Å². The Morgan fingerprint density at radius 1 is 1.06 bits per heavy atom. The zero-order chi connectivity index (χ0) is 21.8. The normalized spacial score (nSPS) is 11.4. The lowest BCUT2D eigenvalue weighted by Gasteiger charge is -2.21. The van der Waals surface area contributed by atoms with E-state index >= 15 is 0 Å². The second-order valence-electron chi connectivity index (χ2n) is 7.48. The van der Waals surface area contributed by atoms with Gasteiger partial charge in [0.1, 0.15) is 11.9 Å². The molecule has 6 heteroatoms. The Kier molecular flexibility index (Phi) is 7.42. The number of nitrogens with zero attached hydrogens (tertiary/aromatic N) is 3. The zero-order valence-electron chi connectivity index (χ0n) is 17.8. The van der Waals surface area contributed by atoms with Crippen LogP contribution >= 0.6 is 12.4 Å². The van der Waals surface area contributed by atoms with E-state index in [4.69, 9.17) is 4.74 Å². The molecular formula is C26H23ClFN3O. The Morgan fingerprint density at radius 2 is 1.88 bits per heavy atom. The van der Waals surface area contributed by atoms with E-state index in [1.54, 1.807) is 18.6 Å². The molecule has 1 unspecified atom stereocenters. The third-order valence-electron chi connectivity index (χ3n) is 5.33. The fourth-order valence-electron chi connectivity index (χ4n) is 3.70. The summed E-state index contributed by atoms with van der Waals surface area (Å²) in [6.07, 6.45) is 3.06. The first kappa shape index (κ1) is 23.2. The van der Waals surface area contributed by atoms with Gasteiger partial charge in [0.05, 0.1) is 36.5 Å². The molecule has 162 valence electrons. The monoisotopic (exact) mass is 447 g/mol. The van der Waals surface area contributed by atoms with Gasteiger partial charge in [-0.2, -0.15) is 5.26 Å². The van der Waals surface area contributed by atoms with Gasteiger partial charge in [-0.1, -0.05) is 42.5 Å². The Labute approximate surface area is 193 Å². The lowest BCUT2D eigenvalue weighted by molar-refractivity contribution is 0.0621. The maximum atomic E-state index is 13.6. The largest absolute Gasteiger partial charge is 0.363 e. The van der Waals surface area contributed by atoms with Crippen molar-refractivity contribution in [1.29, 1.82) is 5.26 Å². The van der Waals surface area contributed by atoms with Crippen LogP contribution in [0.2, 0.25) is 0 Å². The van der Waals surface area contributed by atoms with Gasteiger partial charge < -0.3 is 9.30 Å². The second kappa shape index (κ2) is 10.2. The van der Waals surface area contributed by atoms with Crippen LogP contribution in [0.1, 0.15) is 34.1 Å². The van der Waals surface area contributed by atoms with Gasteiger partial charge in [-0.15, -0.1) is 12.4 Å². The lowest BCUT2D eigenvalue weighted by Crippen LogP contribution is -2.11. The van der Waals surface area contributed by atoms with Crippen LogP contribution in [0.4, 0.5) is 4.39 Å². The van der Waals surface area contributed by atoms with Crippen molar-refractivity contribution in [1.82, 2.24) is 9.55 Å². The highest BCUT2D eigenvalue weighted by Gasteiger charge is 2.21. The first-order valence-corrected chi connectivity index (χ1v) is 9.99. The molecule has 0 saturated heterocycles. The molecule has 1 aromatic heterocycles. The van der Waals surface area contributed by atoms with Gasteiger partial charge in [0, 0.05) is 12.6 Å². The van der Waals surface area contributed by atoms with Crippen molar-refractivity contribution in [2.45, 2.75) is 19.6 Å². The predicted octanol–water partition coefficient (Wildman–Crippen LogP) is 6.13. The highest BCUT2D eigenvalue weighted by molar-refractivity contribution is 5.85. The number of aromatic nitrogens is 2. The van der Waals surface area contributed by atoms with Crippen molar-refractivity contribution in [3.63, 3.8) is 0 Å². The molecule has 32 heavy (non-hydrogen) atoms. The number of halogens is 2. The van der Waals surface area contributed by atoms with Crippen molar-refractivity contribution in [3.05, 3.63) is 113 Å². The molecule has 4 aromatic rings. The molecule has 0 amide bonds. The van der Waals surface area contributed by atoms with Gasteiger partial charge in [-0.25, -0.2) is 9.37 Å². The molecule has 0 N–H and O–H groups in total. The number of rotatable bonds is 6. The number of nitriles is 1. The molecule has 4 rings (SSSR count). The summed E-state index contributed by atoms with van der Waals surface area (Å²) in [5.41, 5.74) is 6.09. The number of imidazole rings is 1. The summed E-state index contributed by atoms with van der Waals surface area (Å²) in [5.74, 6) is -0.293. The SMILES string of the molecule is Cc1ccccc1-c1cc(C(OCc2cccc(F)c2)c2cncn2C)ccc1C#N.Cl. The van der Waals surface area contributed by atoms with Crippen LogP contribution in [0.3, 0.4) is 0 Å². The maximum absolute atomic E-state index is 13.6. The molecule has 0 fully saturated rings. The molecule has 4 nitrogen and oxygen atoms in total. The number of hydrogen-bond acceptors (Lipinski definition) is 3. The summed E-state index contributed by atoms with van der Waals surface area (Å²) >= 11 is 0. The standard InChI is InChI=1S/C26H22FN3O.ClH/c1-18-6-3-4-9-23(18)24-13-20(10-11-21(24)14-28)26(25-15-29-17-30(25)2)31-16-19-7-5-8-22(27)12-19;/h3-13,15,17,26H,16H2,1-2H3;1H. The quantitative estimate of drug-likeness (QED) is 0.357. The molecule has 3 aromatic carbocycles. The van der Waals surface area contributed by atoms with Gasteiger partial charge in [0.2, 0.25) is 0 Å². The van der Waals surface area contributed by atoms with Crippen molar-refractivity contribution < 1.29 is 9.13 Å². The average molecular weight is 448 g/mol. The number of aryl methyl sites for hydroxylation is 2. The van der Waals surface area contributed by atoms with Crippen molar-refractivity contribution >= 4 is 12.4 Å². The second-order valence-corrected chi connectivity index (χ2v) is 7.48. The van der Waals surface area contributed by atoms with E-state index in [9.17, 15) is 9.65 Å². The van der Waals surface area contributed by atoms with Gasteiger partial charge in [-0.3, -0.25) is 0 Å². The molecule has 1 atom stereocenters. The maximum Gasteiger partial charge on any atom is 0.124 e. The highest BCUT2D eigenvalue weighted by Crippen LogP contribution is 2.33. The summed E-state index contributed by atoms with van der Waals surface area (Å²) in [6, 6.07) is 22.4. The molecule has 0 radical (unpaired) electrons. The molecular weight excluding hydrogens is 425 g/mol. The summed E-state index contributed by atoms with van der Waals surface area (Å²) < 4.78 is 21.8. The molecule has 0 aliphatic rings. The summed E-state index contributed by atoms with van der Waals surface area (Å²) in [7, 11) is 1.91. The van der Waals surface area contributed by atoms with Gasteiger partial charge >= 0.3 is 0 Å².